The topological polar surface area (TPSA) is 130 Å². The van der Waals surface area contributed by atoms with Crippen LogP contribution in [-0.4, -0.2) is 19.9 Å². The smallest absolute Gasteiger partial charge is 0.334 e. The monoisotopic (exact) mass is 539 g/mol. The van der Waals surface area contributed by atoms with E-state index in [1.165, 1.54) is 12.5 Å². The largest absolute Gasteiger partial charge is 0.353 e. The van der Waals surface area contributed by atoms with E-state index in [2.05, 4.69) is 31.7 Å². The summed E-state index contributed by atoms with van der Waals surface area (Å²) in [5.74, 6) is -0.755. The van der Waals surface area contributed by atoms with Gasteiger partial charge in [0.25, 0.3) is 0 Å². The van der Waals surface area contributed by atoms with Gasteiger partial charge in [-0.25, -0.2) is 15.0 Å². The fraction of sp³-hybridized carbons (Fsp3) is 0.0833. The van der Waals surface area contributed by atoms with Gasteiger partial charge in [-0.1, -0.05) is 53.0 Å². The van der Waals surface area contributed by atoms with Crippen molar-refractivity contribution < 1.29 is 4.92 Å². The molecule has 12 heteroatoms. The van der Waals surface area contributed by atoms with Crippen LogP contribution in [0.4, 0.5) is 28.7 Å². The van der Waals surface area contributed by atoms with Crippen LogP contribution < -0.4 is 10.6 Å². The van der Waals surface area contributed by atoms with Crippen molar-refractivity contribution in [3.8, 4) is 6.07 Å². The fourth-order valence-corrected chi connectivity index (χ4v) is 4.07. The van der Waals surface area contributed by atoms with Crippen molar-refractivity contribution in [3.63, 3.8) is 0 Å². The number of aromatic nitrogens is 3. The van der Waals surface area contributed by atoms with Crippen molar-refractivity contribution in [2.75, 3.05) is 10.6 Å². The molecule has 0 saturated carbocycles. The second-order valence-corrected chi connectivity index (χ2v) is 8.77. The highest BCUT2D eigenvalue weighted by Gasteiger charge is 2.25. The molecule has 0 bridgehead atoms. The van der Waals surface area contributed by atoms with Crippen molar-refractivity contribution in [1.29, 1.82) is 5.26 Å². The van der Waals surface area contributed by atoms with Crippen LogP contribution in [0.5, 0.6) is 0 Å². The van der Waals surface area contributed by atoms with Crippen molar-refractivity contribution in [2.24, 2.45) is 0 Å². The quantitative estimate of drug-likeness (QED) is 0.143. The van der Waals surface area contributed by atoms with Crippen molar-refractivity contribution in [1.82, 2.24) is 15.0 Å². The molecule has 0 aliphatic heterocycles. The first kappa shape index (κ1) is 25.1. The number of pyridine rings is 1. The van der Waals surface area contributed by atoms with E-state index in [4.69, 9.17) is 34.8 Å². The van der Waals surface area contributed by atoms with Crippen LogP contribution in [0, 0.1) is 28.4 Å². The van der Waals surface area contributed by atoms with Gasteiger partial charge < -0.3 is 10.6 Å². The average Bonchev–Trinajstić information content (AvgIpc) is 2.85. The maximum Gasteiger partial charge on any atom is 0.353 e. The molecule has 0 saturated heterocycles. The number of aryl methyl sites for hydroxylation is 1. The summed E-state index contributed by atoms with van der Waals surface area (Å²) in [6, 6.07) is 15.8. The molecule has 36 heavy (non-hydrogen) atoms. The first-order valence-corrected chi connectivity index (χ1v) is 11.5. The number of nitro groups is 1. The first-order chi connectivity index (χ1) is 17.3. The normalized spacial score (nSPS) is 11.4. The van der Waals surface area contributed by atoms with Crippen LogP contribution in [0.2, 0.25) is 15.2 Å². The number of rotatable bonds is 7. The molecule has 9 nitrogen and oxygen atoms in total. The van der Waals surface area contributed by atoms with Crippen molar-refractivity contribution in [3.05, 3.63) is 103 Å². The molecule has 2 aromatic carbocycles. The summed E-state index contributed by atoms with van der Waals surface area (Å²) in [5.41, 5.74) is 2.45. The summed E-state index contributed by atoms with van der Waals surface area (Å²) < 4.78 is 0. The molecular weight excluding hydrogens is 525 g/mol. The first-order valence-electron chi connectivity index (χ1n) is 10.4. The van der Waals surface area contributed by atoms with E-state index in [9.17, 15) is 15.4 Å². The lowest BCUT2D eigenvalue weighted by atomic mass is 9.91. The predicted molar refractivity (Wildman–Crippen MR) is 140 cm³/mol. The van der Waals surface area contributed by atoms with Gasteiger partial charge in [0, 0.05) is 21.9 Å². The molecule has 4 aromatic rings. The zero-order valence-electron chi connectivity index (χ0n) is 18.5. The molecule has 2 heterocycles. The summed E-state index contributed by atoms with van der Waals surface area (Å²) in [5, 5.41) is 28.6. The highest BCUT2D eigenvalue weighted by Crippen LogP contribution is 2.38. The molecule has 180 valence electrons. The van der Waals surface area contributed by atoms with Crippen molar-refractivity contribution in [2.45, 2.75) is 12.8 Å². The summed E-state index contributed by atoms with van der Waals surface area (Å²) >= 11 is 18.6. The van der Waals surface area contributed by atoms with Gasteiger partial charge in [-0.3, -0.25) is 10.1 Å². The third-order valence-corrected chi connectivity index (χ3v) is 6.14. The Hall–Kier alpha value is -3.97. The molecule has 1 atom stereocenters. The Morgan fingerprint density at radius 2 is 1.67 bits per heavy atom. The van der Waals surface area contributed by atoms with Crippen LogP contribution >= 0.6 is 34.8 Å². The van der Waals surface area contributed by atoms with Gasteiger partial charge in [-0.2, -0.15) is 5.26 Å². The van der Waals surface area contributed by atoms with E-state index in [0.29, 0.717) is 32.5 Å². The third-order valence-electron chi connectivity index (χ3n) is 5.26. The summed E-state index contributed by atoms with van der Waals surface area (Å²) in [4.78, 5) is 23.4. The second kappa shape index (κ2) is 10.7. The number of halogens is 3. The second-order valence-electron chi connectivity index (χ2n) is 7.57. The molecule has 0 fully saturated rings. The molecule has 0 radical (unpaired) electrons. The maximum absolute atomic E-state index is 11.9. The number of nitrogens with zero attached hydrogens (tertiary/aromatic N) is 5. The zero-order chi connectivity index (χ0) is 25.8. The molecule has 2 N–H and O–H groups in total. The lowest BCUT2D eigenvalue weighted by Gasteiger charge is -2.17. The number of benzene rings is 2. The maximum atomic E-state index is 11.9. The molecule has 0 aliphatic carbocycles. The molecule has 2 aromatic heterocycles. The summed E-state index contributed by atoms with van der Waals surface area (Å²) in [6.45, 7) is 1.79. The fourth-order valence-electron chi connectivity index (χ4n) is 3.51. The Bertz CT molecular complexity index is 1490. The number of hydrogen-bond acceptors (Lipinski definition) is 8. The lowest BCUT2D eigenvalue weighted by Crippen LogP contribution is -2.07. The molecule has 0 amide bonds. The Balaban J connectivity index is 1.70. The third kappa shape index (κ3) is 5.31. The Kier molecular flexibility index (Phi) is 7.50. The minimum atomic E-state index is -0.629. The van der Waals surface area contributed by atoms with Gasteiger partial charge in [-0.05, 0) is 53.9 Å². The van der Waals surface area contributed by atoms with Crippen molar-refractivity contribution >= 4 is 63.5 Å². The van der Waals surface area contributed by atoms with Gasteiger partial charge in [0.1, 0.15) is 6.33 Å². The van der Waals surface area contributed by atoms with E-state index in [1.54, 1.807) is 55.5 Å². The number of hydrogen-bond donors (Lipinski definition) is 2. The molecule has 0 aliphatic rings. The minimum absolute atomic E-state index is 0.0565. The van der Waals surface area contributed by atoms with Gasteiger partial charge in [-0.15, -0.1) is 0 Å². The van der Waals surface area contributed by atoms with E-state index in [0.717, 1.165) is 5.56 Å². The number of anilines is 4. The Morgan fingerprint density at radius 3 is 2.28 bits per heavy atom. The van der Waals surface area contributed by atoms with E-state index >= 15 is 0 Å². The molecule has 0 spiro atoms. The van der Waals surface area contributed by atoms with E-state index in [-0.39, 0.29) is 16.8 Å². The molecule has 1 unspecified atom stereocenters. The highest BCUT2D eigenvalue weighted by molar-refractivity contribution is 6.32. The Labute approximate surface area is 220 Å². The van der Waals surface area contributed by atoms with Crippen LogP contribution in [0.25, 0.3) is 0 Å². The highest BCUT2D eigenvalue weighted by atomic mass is 35.5. The average molecular weight is 541 g/mol. The summed E-state index contributed by atoms with van der Waals surface area (Å²) in [6.07, 6.45) is 2.67. The lowest BCUT2D eigenvalue weighted by molar-refractivity contribution is -0.383. The number of nitriles is 1. The predicted octanol–water partition coefficient (Wildman–Crippen LogP) is 7.19. The van der Waals surface area contributed by atoms with Crippen LogP contribution in [0.15, 0.2) is 61.1 Å². The molecule has 4 rings (SSSR count). The SMILES string of the molecule is Cc1cc(C(C#N)c2ccc(Cl)cc2)c(Cl)cc1Nc1ncnc(Nc2cccnc2Cl)c1[N+](=O)[O-]. The van der Waals surface area contributed by atoms with Crippen LogP contribution in [0.1, 0.15) is 22.6 Å². The van der Waals surface area contributed by atoms with Gasteiger partial charge in [0.2, 0.25) is 11.6 Å². The minimum Gasteiger partial charge on any atom is -0.334 e. The Morgan fingerprint density at radius 1 is 1.00 bits per heavy atom. The van der Waals surface area contributed by atoms with Gasteiger partial charge >= 0.3 is 5.69 Å². The van der Waals surface area contributed by atoms with Crippen LogP contribution in [0.3, 0.4) is 0 Å². The van der Waals surface area contributed by atoms with E-state index in [1.807, 2.05) is 0 Å². The number of nitrogens with one attached hydrogen (secondary N) is 2. The van der Waals surface area contributed by atoms with Gasteiger partial charge in [0.05, 0.1) is 22.6 Å². The molecular formula is C24H16Cl3N7O2. The van der Waals surface area contributed by atoms with Gasteiger partial charge in [0.15, 0.2) is 5.15 Å². The summed E-state index contributed by atoms with van der Waals surface area (Å²) in [7, 11) is 0. The van der Waals surface area contributed by atoms with Crippen LogP contribution in [-0.2, 0) is 0 Å². The standard InChI is InChI=1S/C24H16Cl3N7O2/c1-13-9-16(17(11-28)14-4-6-15(25)7-5-14)18(26)10-20(13)33-24-21(34(35)36)23(30-12-31-24)32-19-3-2-8-29-22(19)27/h2-10,12,17H,1H3,(H2,30,31,32,33). The van der Waals surface area contributed by atoms with E-state index < -0.39 is 16.5 Å². The zero-order valence-corrected chi connectivity index (χ0v) is 20.8.